The molecule has 0 N–H and O–H groups in total. The lowest BCUT2D eigenvalue weighted by Crippen LogP contribution is -2.04. The molecule has 0 fully saturated rings. The molecule has 0 bridgehead atoms. The van der Waals surface area contributed by atoms with Gasteiger partial charge in [0.05, 0.1) is 13.2 Å². The van der Waals surface area contributed by atoms with Crippen LogP contribution in [-0.2, 0) is 9.53 Å². The van der Waals surface area contributed by atoms with Crippen LogP contribution in [0.5, 0.6) is 5.75 Å². The number of para-hydroxylation sites is 1. The molecule has 0 heterocycles. The van der Waals surface area contributed by atoms with E-state index in [2.05, 4.69) is 0 Å². The van der Waals surface area contributed by atoms with Gasteiger partial charge in [-0.1, -0.05) is 18.2 Å². The predicted octanol–water partition coefficient (Wildman–Crippen LogP) is 3.50. The molecule has 0 spiro atoms. The standard InChI is InChI=1S/C15H22O3/c1-3-17-15(16)11-5-4-8-12-18-14-10-7-6-9-13(14)2/h6-7,9-10H,3-5,8,11-12H2,1-2H3. The van der Waals surface area contributed by atoms with Gasteiger partial charge in [0.2, 0.25) is 0 Å². The number of hydrogen-bond donors (Lipinski definition) is 0. The van der Waals surface area contributed by atoms with Crippen LogP contribution in [0.3, 0.4) is 0 Å². The normalized spacial score (nSPS) is 10.1. The molecule has 0 atom stereocenters. The zero-order chi connectivity index (χ0) is 13.2. The molecule has 0 aliphatic rings. The van der Waals surface area contributed by atoms with Gasteiger partial charge in [0.1, 0.15) is 5.75 Å². The first-order chi connectivity index (χ1) is 8.74. The van der Waals surface area contributed by atoms with Crippen molar-refractivity contribution >= 4 is 5.97 Å². The Morgan fingerprint density at radius 1 is 1.17 bits per heavy atom. The lowest BCUT2D eigenvalue weighted by atomic mass is 10.2. The number of rotatable bonds is 8. The number of esters is 1. The van der Waals surface area contributed by atoms with E-state index in [-0.39, 0.29) is 5.97 Å². The third kappa shape index (κ3) is 5.71. The Balaban J connectivity index is 2.06. The van der Waals surface area contributed by atoms with E-state index in [1.165, 1.54) is 0 Å². The number of hydrogen-bond acceptors (Lipinski definition) is 3. The van der Waals surface area contributed by atoms with Gasteiger partial charge in [0.25, 0.3) is 0 Å². The number of carbonyl (C=O) groups excluding carboxylic acids is 1. The Hall–Kier alpha value is -1.51. The fraction of sp³-hybridized carbons (Fsp3) is 0.533. The molecule has 0 aliphatic carbocycles. The van der Waals surface area contributed by atoms with E-state index < -0.39 is 0 Å². The van der Waals surface area contributed by atoms with E-state index in [4.69, 9.17) is 9.47 Å². The summed E-state index contributed by atoms with van der Waals surface area (Å²) in [6, 6.07) is 7.99. The third-order valence-electron chi connectivity index (χ3n) is 2.68. The SMILES string of the molecule is CCOC(=O)CCCCCOc1ccccc1C. The number of ether oxygens (including phenoxy) is 2. The van der Waals surface area contributed by atoms with Gasteiger partial charge in [-0.15, -0.1) is 0 Å². The fourth-order valence-electron chi connectivity index (χ4n) is 1.68. The molecule has 1 aromatic rings. The summed E-state index contributed by atoms with van der Waals surface area (Å²) in [6.07, 6.45) is 3.34. The molecule has 100 valence electrons. The Bertz CT molecular complexity index is 361. The molecule has 0 aromatic heterocycles. The lowest BCUT2D eigenvalue weighted by molar-refractivity contribution is -0.143. The van der Waals surface area contributed by atoms with Crippen LogP contribution in [0.15, 0.2) is 24.3 Å². The lowest BCUT2D eigenvalue weighted by Gasteiger charge is -2.08. The van der Waals surface area contributed by atoms with E-state index in [0.29, 0.717) is 19.6 Å². The van der Waals surface area contributed by atoms with Crippen molar-refractivity contribution in [1.29, 1.82) is 0 Å². The topological polar surface area (TPSA) is 35.5 Å². The van der Waals surface area contributed by atoms with Crippen molar-refractivity contribution in [1.82, 2.24) is 0 Å². The van der Waals surface area contributed by atoms with Crippen molar-refractivity contribution in [3.8, 4) is 5.75 Å². The molecule has 0 amide bonds. The van der Waals surface area contributed by atoms with Gasteiger partial charge in [-0.3, -0.25) is 4.79 Å². The fourth-order valence-corrected chi connectivity index (χ4v) is 1.68. The summed E-state index contributed by atoms with van der Waals surface area (Å²) in [4.78, 5) is 11.1. The van der Waals surface area contributed by atoms with Crippen LogP contribution in [0.4, 0.5) is 0 Å². The highest BCUT2D eigenvalue weighted by Crippen LogP contribution is 2.16. The largest absolute Gasteiger partial charge is 0.493 e. The summed E-state index contributed by atoms with van der Waals surface area (Å²) in [6.45, 7) is 5.03. The van der Waals surface area contributed by atoms with E-state index in [9.17, 15) is 4.79 Å². The van der Waals surface area contributed by atoms with E-state index in [1.807, 2.05) is 38.1 Å². The molecule has 0 saturated heterocycles. The maximum Gasteiger partial charge on any atom is 0.305 e. The van der Waals surface area contributed by atoms with Crippen molar-refractivity contribution in [2.75, 3.05) is 13.2 Å². The van der Waals surface area contributed by atoms with Gasteiger partial charge >= 0.3 is 5.97 Å². The minimum Gasteiger partial charge on any atom is -0.493 e. The number of benzene rings is 1. The summed E-state index contributed by atoms with van der Waals surface area (Å²) in [5, 5.41) is 0. The summed E-state index contributed by atoms with van der Waals surface area (Å²) in [5.74, 6) is 0.847. The Morgan fingerprint density at radius 3 is 2.67 bits per heavy atom. The molecule has 1 aromatic carbocycles. The monoisotopic (exact) mass is 250 g/mol. The van der Waals surface area contributed by atoms with Crippen LogP contribution in [0.2, 0.25) is 0 Å². The van der Waals surface area contributed by atoms with Crippen molar-refractivity contribution in [3.05, 3.63) is 29.8 Å². The molecule has 3 heteroatoms. The predicted molar refractivity (Wildman–Crippen MR) is 71.8 cm³/mol. The molecule has 0 radical (unpaired) electrons. The molecule has 0 unspecified atom stereocenters. The zero-order valence-electron chi connectivity index (χ0n) is 11.3. The van der Waals surface area contributed by atoms with Gasteiger partial charge in [0, 0.05) is 6.42 Å². The highest BCUT2D eigenvalue weighted by Gasteiger charge is 2.01. The molecular weight excluding hydrogens is 228 g/mol. The van der Waals surface area contributed by atoms with Crippen LogP contribution < -0.4 is 4.74 Å². The van der Waals surface area contributed by atoms with Gasteiger partial charge in [-0.05, 0) is 44.7 Å². The minimum atomic E-state index is -0.0997. The molecule has 0 saturated carbocycles. The van der Waals surface area contributed by atoms with Crippen LogP contribution in [-0.4, -0.2) is 19.2 Å². The van der Waals surface area contributed by atoms with Crippen LogP contribution in [0.25, 0.3) is 0 Å². The third-order valence-corrected chi connectivity index (χ3v) is 2.68. The number of carbonyl (C=O) groups is 1. The van der Waals surface area contributed by atoms with Gasteiger partial charge in [-0.25, -0.2) is 0 Å². The van der Waals surface area contributed by atoms with Crippen molar-refractivity contribution < 1.29 is 14.3 Å². The second kappa shape index (κ2) is 8.56. The average molecular weight is 250 g/mol. The first-order valence-corrected chi connectivity index (χ1v) is 6.58. The van der Waals surface area contributed by atoms with E-state index in [0.717, 1.165) is 30.6 Å². The van der Waals surface area contributed by atoms with Crippen LogP contribution in [0.1, 0.15) is 38.2 Å². The summed E-state index contributed by atoms with van der Waals surface area (Å²) >= 11 is 0. The molecule has 1 rings (SSSR count). The minimum absolute atomic E-state index is 0.0997. The van der Waals surface area contributed by atoms with Crippen molar-refractivity contribution in [3.63, 3.8) is 0 Å². The van der Waals surface area contributed by atoms with Crippen molar-refractivity contribution in [2.24, 2.45) is 0 Å². The van der Waals surface area contributed by atoms with Crippen LogP contribution in [0, 0.1) is 6.92 Å². The summed E-state index contributed by atoms with van der Waals surface area (Å²) in [5.41, 5.74) is 1.16. The zero-order valence-corrected chi connectivity index (χ0v) is 11.3. The molecule has 18 heavy (non-hydrogen) atoms. The quantitative estimate of drug-likeness (QED) is 0.523. The number of unbranched alkanes of at least 4 members (excludes halogenated alkanes) is 2. The van der Waals surface area contributed by atoms with E-state index >= 15 is 0 Å². The highest BCUT2D eigenvalue weighted by atomic mass is 16.5. The highest BCUT2D eigenvalue weighted by molar-refractivity contribution is 5.69. The maximum atomic E-state index is 11.1. The van der Waals surface area contributed by atoms with Gasteiger partial charge in [-0.2, -0.15) is 0 Å². The molecular formula is C15H22O3. The Labute approximate surface area is 109 Å². The summed E-state index contributed by atoms with van der Waals surface area (Å²) < 4.78 is 10.5. The molecule has 0 aliphatic heterocycles. The molecule has 3 nitrogen and oxygen atoms in total. The first kappa shape index (κ1) is 14.6. The second-order valence-corrected chi connectivity index (χ2v) is 4.23. The second-order valence-electron chi connectivity index (χ2n) is 4.23. The summed E-state index contributed by atoms with van der Waals surface area (Å²) in [7, 11) is 0. The number of aryl methyl sites for hydroxylation is 1. The first-order valence-electron chi connectivity index (χ1n) is 6.58. The Kier molecular flexibility index (Phi) is 6.92. The van der Waals surface area contributed by atoms with Gasteiger partial charge in [0.15, 0.2) is 0 Å². The van der Waals surface area contributed by atoms with E-state index in [1.54, 1.807) is 0 Å². The maximum absolute atomic E-state index is 11.1. The Morgan fingerprint density at radius 2 is 1.94 bits per heavy atom. The van der Waals surface area contributed by atoms with Gasteiger partial charge < -0.3 is 9.47 Å². The smallest absolute Gasteiger partial charge is 0.305 e. The van der Waals surface area contributed by atoms with Crippen molar-refractivity contribution in [2.45, 2.75) is 39.5 Å². The van der Waals surface area contributed by atoms with Crippen LogP contribution >= 0.6 is 0 Å². The average Bonchev–Trinajstić information content (AvgIpc) is 2.36.